The summed E-state index contributed by atoms with van der Waals surface area (Å²) in [6.07, 6.45) is 3.19. The molecule has 0 saturated heterocycles. The van der Waals surface area contributed by atoms with Crippen LogP contribution in [0.2, 0.25) is 0 Å². The lowest BCUT2D eigenvalue weighted by Crippen LogP contribution is -2.16. The molecule has 0 aromatic rings. The number of likely N-dealkylation sites (N-methyl/N-ethyl adjacent to an activating group) is 1. The minimum absolute atomic E-state index is 0.622. The molecule has 0 aliphatic carbocycles. The van der Waals surface area contributed by atoms with Crippen LogP contribution in [-0.4, -0.2) is 79.7 Å². The van der Waals surface area contributed by atoms with E-state index < -0.39 is 0 Å². The van der Waals surface area contributed by atoms with Crippen LogP contribution in [0.5, 0.6) is 0 Å². The van der Waals surface area contributed by atoms with E-state index in [-0.39, 0.29) is 0 Å². The predicted octanol–water partition coefficient (Wildman–Crippen LogP) is 1.48. The first-order valence-electron chi connectivity index (χ1n) is 8.45. The molecule has 22 heavy (non-hydrogen) atoms. The van der Waals surface area contributed by atoms with E-state index in [1.807, 2.05) is 7.05 Å². The normalized spacial score (nSPS) is 11.2. The summed E-state index contributed by atoms with van der Waals surface area (Å²) in [7, 11) is 1.91. The Hall–Kier alpha value is -0.240. The Morgan fingerprint density at radius 1 is 0.545 bits per heavy atom. The van der Waals surface area contributed by atoms with E-state index >= 15 is 0 Å². The lowest BCUT2D eigenvalue weighted by molar-refractivity contribution is 0.00575. The summed E-state index contributed by atoms with van der Waals surface area (Å²) >= 11 is 0. The van der Waals surface area contributed by atoms with Crippen LogP contribution in [0.1, 0.15) is 26.2 Å². The third-order valence-corrected chi connectivity index (χ3v) is 2.83. The molecular weight excluding hydrogens is 286 g/mol. The minimum atomic E-state index is 0.622. The number of unbranched alkanes of at least 4 members (excludes halogenated alkanes) is 1. The van der Waals surface area contributed by atoms with Gasteiger partial charge < -0.3 is 29.0 Å². The van der Waals surface area contributed by atoms with Crippen molar-refractivity contribution in [2.24, 2.45) is 0 Å². The molecule has 134 valence electrons. The van der Waals surface area contributed by atoms with E-state index in [2.05, 4.69) is 12.2 Å². The average molecular weight is 321 g/mol. The maximum absolute atomic E-state index is 5.45. The van der Waals surface area contributed by atoms with Gasteiger partial charge in [0.15, 0.2) is 0 Å². The van der Waals surface area contributed by atoms with Crippen LogP contribution < -0.4 is 5.32 Å². The Labute approximate surface area is 135 Å². The maximum Gasteiger partial charge on any atom is 0.0701 e. The van der Waals surface area contributed by atoms with Crippen molar-refractivity contribution >= 4 is 0 Å². The van der Waals surface area contributed by atoms with Crippen molar-refractivity contribution in [3.8, 4) is 0 Å². The molecule has 6 nitrogen and oxygen atoms in total. The fourth-order valence-corrected chi connectivity index (χ4v) is 1.55. The topological polar surface area (TPSA) is 58.2 Å². The number of hydrogen-bond donors (Lipinski definition) is 1. The molecule has 6 heteroatoms. The molecule has 0 fully saturated rings. The molecule has 0 heterocycles. The molecule has 0 atom stereocenters. The van der Waals surface area contributed by atoms with E-state index in [1.165, 1.54) is 6.42 Å². The maximum atomic E-state index is 5.45. The van der Waals surface area contributed by atoms with Crippen LogP contribution >= 0.6 is 0 Å². The summed E-state index contributed by atoms with van der Waals surface area (Å²) in [6, 6.07) is 0. The lowest BCUT2D eigenvalue weighted by atomic mass is 10.4. The Morgan fingerprint density at radius 2 is 0.955 bits per heavy atom. The minimum Gasteiger partial charge on any atom is -0.379 e. The smallest absolute Gasteiger partial charge is 0.0701 e. The van der Waals surface area contributed by atoms with Crippen molar-refractivity contribution in [1.29, 1.82) is 0 Å². The zero-order chi connectivity index (χ0) is 16.1. The van der Waals surface area contributed by atoms with Gasteiger partial charge in [-0.2, -0.15) is 0 Å². The Morgan fingerprint density at radius 3 is 1.41 bits per heavy atom. The average Bonchev–Trinajstić information content (AvgIpc) is 2.54. The Bertz CT molecular complexity index is 175. The summed E-state index contributed by atoms with van der Waals surface area (Å²) in [5.41, 5.74) is 0. The van der Waals surface area contributed by atoms with E-state index in [4.69, 9.17) is 23.7 Å². The number of rotatable bonds is 19. The zero-order valence-electron chi connectivity index (χ0n) is 14.4. The third kappa shape index (κ3) is 19.8. The van der Waals surface area contributed by atoms with Gasteiger partial charge in [0.25, 0.3) is 0 Å². The van der Waals surface area contributed by atoms with Gasteiger partial charge in [-0.25, -0.2) is 0 Å². The molecule has 0 rings (SSSR count). The van der Waals surface area contributed by atoms with E-state index in [1.54, 1.807) is 0 Å². The number of hydrogen-bond acceptors (Lipinski definition) is 6. The molecule has 0 aliphatic rings. The van der Waals surface area contributed by atoms with Crippen molar-refractivity contribution in [3.05, 3.63) is 0 Å². The molecule has 1 N–H and O–H groups in total. The van der Waals surface area contributed by atoms with Gasteiger partial charge in [0.2, 0.25) is 0 Å². The van der Waals surface area contributed by atoms with Crippen LogP contribution in [0.3, 0.4) is 0 Å². The van der Waals surface area contributed by atoms with Crippen molar-refractivity contribution in [2.45, 2.75) is 26.2 Å². The van der Waals surface area contributed by atoms with Crippen molar-refractivity contribution in [1.82, 2.24) is 5.32 Å². The first-order valence-corrected chi connectivity index (χ1v) is 8.45. The first-order chi connectivity index (χ1) is 10.9. The Balaban J connectivity index is 2.91. The quantitative estimate of drug-likeness (QED) is 0.364. The number of nitrogens with one attached hydrogen (secondary N) is 1. The second-order valence-electron chi connectivity index (χ2n) is 4.87. The standard InChI is InChI=1S/C16H35NO5/c1-3-4-7-18-12-15-22-16-13-20-9-5-8-19-11-14-21-10-6-17-2/h17H,3-16H2,1-2H3. The summed E-state index contributed by atoms with van der Waals surface area (Å²) in [4.78, 5) is 0. The summed E-state index contributed by atoms with van der Waals surface area (Å²) in [5.74, 6) is 0. The van der Waals surface area contributed by atoms with Crippen LogP contribution in [0.4, 0.5) is 0 Å². The highest BCUT2D eigenvalue weighted by atomic mass is 16.5. The molecule has 0 saturated carbocycles. The molecule has 0 radical (unpaired) electrons. The molecule has 0 aromatic heterocycles. The fraction of sp³-hybridized carbons (Fsp3) is 1.00. The van der Waals surface area contributed by atoms with Gasteiger partial charge >= 0.3 is 0 Å². The van der Waals surface area contributed by atoms with E-state index in [0.717, 1.165) is 32.6 Å². The molecule has 0 amide bonds. The van der Waals surface area contributed by atoms with Crippen molar-refractivity contribution in [2.75, 3.05) is 79.7 Å². The predicted molar refractivity (Wildman–Crippen MR) is 87.5 cm³/mol. The van der Waals surface area contributed by atoms with Crippen LogP contribution in [0.25, 0.3) is 0 Å². The van der Waals surface area contributed by atoms with Gasteiger partial charge in [0.05, 0.1) is 46.2 Å². The van der Waals surface area contributed by atoms with Crippen molar-refractivity contribution in [3.63, 3.8) is 0 Å². The second-order valence-corrected chi connectivity index (χ2v) is 4.87. The summed E-state index contributed by atoms with van der Waals surface area (Å²) in [6.45, 7) is 9.86. The Kier molecular flexibility index (Phi) is 20.5. The van der Waals surface area contributed by atoms with Gasteiger partial charge in [-0.15, -0.1) is 0 Å². The molecule has 0 aromatic carbocycles. The third-order valence-electron chi connectivity index (χ3n) is 2.83. The molecule has 0 aliphatic heterocycles. The van der Waals surface area contributed by atoms with Gasteiger partial charge in [0.1, 0.15) is 0 Å². The highest BCUT2D eigenvalue weighted by molar-refractivity contribution is 4.39. The van der Waals surface area contributed by atoms with E-state index in [0.29, 0.717) is 52.9 Å². The van der Waals surface area contributed by atoms with Gasteiger partial charge in [0, 0.05) is 26.4 Å². The first kappa shape index (κ1) is 21.8. The second kappa shape index (κ2) is 20.8. The summed E-state index contributed by atoms with van der Waals surface area (Å²) < 4.78 is 27.0. The highest BCUT2D eigenvalue weighted by Gasteiger charge is 1.93. The zero-order valence-corrected chi connectivity index (χ0v) is 14.4. The molecule has 0 bridgehead atoms. The van der Waals surface area contributed by atoms with E-state index in [9.17, 15) is 0 Å². The summed E-state index contributed by atoms with van der Waals surface area (Å²) in [5, 5.41) is 3.02. The highest BCUT2D eigenvalue weighted by Crippen LogP contribution is 1.89. The fourth-order valence-electron chi connectivity index (χ4n) is 1.55. The van der Waals surface area contributed by atoms with Crippen LogP contribution in [-0.2, 0) is 23.7 Å². The lowest BCUT2D eigenvalue weighted by Gasteiger charge is -2.07. The van der Waals surface area contributed by atoms with Crippen molar-refractivity contribution < 1.29 is 23.7 Å². The SMILES string of the molecule is CCCCOCCOCCOCCCOCCOCCNC. The monoisotopic (exact) mass is 321 g/mol. The van der Waals surface area contributed by atoms with Crippen LogP contribution in [0.15, 0.2) is 0 Å². The van der Waals surface area contributed by atoms with Gasteiger partial charge in [-0.1, -0.05) is 13.3 Å². The molecule has 0 unspecified atom stereocenters. The van der Waals surface area contributed by atoms with Gasteiger partial charge in [-0.05, 0) is 19.9 Å². The van der Waals surface area contributed by atoms with Crippen LogP contribution in [0, 0.1) is 0 Å². The largest absolute Gasteiger partial charge is 0.379 e. The molecule has 0 spiro atoms. The molecular formula is C16H35NO5. The van der Waals surface area contributed by atoms with Gasteiger partial charge in [-0.3, -0.25) is 0 Å². The number of ether oxygens (including phenoxy) is 5.